The third-order valence-electron chi connectivity index (χ3n) is 5.06. The number of nitrogens with one attached hydrogen (secondary N) is 2. The van der Waals surface area contributed by atoms with Gasteiger partial charge in [0.15, 0.2) is 9.84 Å². The summed E-state index contributed by atoms with van der Waals surface area (Å²) in [5.74, 6) is 1.29. The monoisotopic (exact) mass is 384 g/mol. The predicted octanol–water partition coefficient (Wildman–Crippen LogP) is 2.34. The predicted molar refractivity (Wildman–Crippen MR) is 103 cm³/mol. The average molecular weight is 385 g/mol. The van der Waals surface area contributed by atoms with Crippen molar-refractivity contribution in [2.24, 2.45) is 0 Å². The van der Waals surface area contributed by atoms with Gasteiger partial charge in [-0.1, -0.05) is 12.1 Å². The summed E-state index contributed by atoms with van der Waals surface area (Å²) in [5.41, 5.74) is 1.11. The molecule has 0 saturated carbocycles. The molecular formula is C18H28N2O3S2. The number of benzene rings is 1. The van der Waals surface area contributed by atoms with Crippen LogP contribution in [0.3, 0.4) is 0 Å². The summed E-state index contributed by atoms with van der Waals surface area (Å²) >= 11 is 2.07. The van der Waals surface area contributed by atoms with Gasteiger partial charge in [0.05, 0.1) is 4.90 Å². The molecule has 1 aromatic rings. The van der Waals surface area contributed by atoms with Gasteiger partial charge in [-0.2, -0.15) is 11.8 Å². The number of piperidine rings is 1. The Hall–Kier alpha value is -0.600. The molecule has 0 amide bonds. The molecule has 4 unspecified atom stereocenters. The molecule has 4 atom stereocenters. The largest absolute Gasteiger partial charge is 0.367 e. The van der Waals surface area contributed by atoms with Crippen LogP contribution in [0, 0.1) is 0 Å². The van der Waals surface area contributed by atoms with Crippen LogP contribution < -0.4 is 10.6 Å². The van der Waals surface area contributed by atoms with Gasteiger partial charge in [-0.3, -0.25) is 5.32 Å². The molecule has 0 spiro atoms. The minimum absolute atomic E-state index is 0.0158. The minimum Gasteiger partial charge on any atom is -0.367 e. The highest BCUT2D eigenvalue weighted by atomic mass is 32.2. The second kappa shape index (κ2) is 8.39. The molecule has 2 saturated heterocycles. The van der Waals surface area contributed by atoms with E-state index >= 15 is 0 Å². The van der Waals surface area contributed by atoms with Crippen molar-refractivity contribution >= 4 is 21.6 Å². The first-order valence-electron chi connectivity index (χ1n) is 8.89. The van der Waals surface area contributed by atoms with Crippen LogP contribution in [-0.2, 0) is 14.6 Å². The fourth-order valence-corrected chi connectivity index (χ4v) is 5.46. The van der Waals surface area contributed by atoms with Crippen LogP contribution in [0.1, 0.15) is 37.3 Å². The van der Waals surface area contributed by atoms with E-state index < -0.39 is 9.84 Å². The van der Waals surface area contributed by atoms with E-state index in [1.807, 2.05) is 12.1 Å². The van der Waals surface area contributed by atoms with Crippen molar-refractivity contribution in [2.75, 3.05) is 25.7 Å². The quantitative estimate of drug-likeness (QED) is 0.785. The highest BCUT2D eigenvalue weighted by Gasteiger charge is 2.29. The van der Waals surface area contributed by atoms with Gasteiger partial charge in [-0.05, 0) is 42.7 Å². The number of rotatable bonds is 6. The molecule has 5 nitrogen and oxygen atoms in total. The molecule has 2 heterocycles. The molecule has 2 N–H and O–H groups in total. The Kier molecular flexibility index (Phi) is 6.44. The number of methoxy groups -OCH3 is 1. The van der Waals surface area contributed by atoms with Crippen LogP contribution >= 0.6 is 11.8 Å². The van der Waals surface area contributed by atoms with E-state index in [1.165, 1.54) is 24.9 Å². The Labute approximate surface area is 155 Å². The molecule has 0 aromatic heterocycles. The summed E-state index contributed by atoms with van der Waals surface area (Å²) in [6, 6.07) is 7.79. The van der Waals surface area contributed by atoms with Gasteiger partial charge in [-0.15, -0.1) is 0 Å². The maximum absolute atomic E-state index is 11.6. The van der Waals surface area contributed by atoms with Crippen LogP contribution in [0.15, 0.2) is 29.2 Å². The fourth-order valence-electron chi connectivity index (χ4n) is 3.61. The molecule has 7 heteroatoms. The van der Waals surface area contributed by atoms with Crippen molar-refractivity contribution in [3.05, 3.63) is 29.8 Å². The zero-order chi connectivity index (χ0) is 17.9. The molecular weight excluding hydrogens is 356 g/mol. The highest BCUT2D eigenvalue weighted by Crippen LogP contribution is 2.29. The highest BCUT2D eigenvalue weighted by molar-refractivity contribution is 8.00. The van der Waals surface area contributed by atoms with Crippen molar-refractivity contribution in [2.45, 2.75) is 54.1 Å². The zero-order valence-electron chi connectivity index (χ0n) is 14.9. The molecule has 2 aliphatic rings. The van der Waals surface area contributed by atoms with Crippen LogP contribution in [0.5, 0.6) is 0 Å². The zero-order valence-corrected chi connectivity index (χ0v) is 16.5. The summed E-state index contributed by atoms with van der Waals surface area (Å²) < 4.78 is 28.8. The van der Waals surface area contributed by atoms with E-state index in [-0.39, 0.29) is 12.3 Å². The van der Waals surface area contributed by atoms with E-state index in [0.29, 0.717) is 10.9 Å². The standard InChI is InChI=1S/C18H28N2O3S2/c1-23-18-11-14(19-12-15-4-3-9-24-15)10-17(20-18)13-5-7-16(8-6-13)25(2,21)22/h5-8,14-15,17-20H,3-4,9-12H2,1-2H3. The number of hydrogen-bond donors (Lipinski definition) is 2. The lowest BCUT2D eigenvalue weighted by molar-refractivity contribution is 0.0239. The van der Waals surface area contributed by atoms with Crippen molar-refractivity contribution in [3.63, 3.8) is 0 Å². The van der Waals surface area contributed by atoms with Gasteiger partial charge in [0.25, 0.3) is 0 Å². The number of hydrogen-bond acceptors (Lipinski definition) is 6. The number of ether oxygens (including phenoxy) is 1. The molecule has 3 rings (SSSR count). The molecule has 140 valence electrons. The lowest BCUT2D eigenvalue weighted by Crippen LogP contribution is -2.49. The Balaban J connectivity index is 1.65. The van der Waals surface area contributed by atoms with Gasteiger partial charge in [-0.25, -0.2) is 8.42 Å². The molecule has 25 heavy (non-hydrogen) atoms. The van der Waals surface area contributed by atoms with Crippen LogP contribution in [0.4, 0.5) is 0 Å². The topological polar surface area (TPSA) is 67.4 Å². The number of sulfone groups is 1. The third-order valence-corrected chi connectivity index (χ3v) is 7.59. The normalized spacial score (nSPS) is 30.5. The van der Waals surface area contributed by atoms with Gasteiger partial charge in [0.1, 0.15) is 6.23 Å². The van der Waals surface area contributed by atoms with Crippen LogP contribution in [-0.4, -0.2) is 51.6 Å². The molecule has 2 aliphatic heterocycles. The summed E-state index contributed by atoms with van der Waals surface area (Å²) in [5, 5.41) is 7.98. The molecule has 0 radical (unpaired) electrons. The SMILES string of the molecule is COC1CC(NCC2CCCS2)CC(c2ccc(S(C)(=O)=O)cc2)N1. The smallest absolute Gasteiger partial charge is 0.175 e. The van der Waals surface area contributed by atoms with Crippen molar-refractivity contribution < 1.29 is 13.2 Å². The van der Waals surface area contributed by atoms with Crippen LogP contribution in [0.2, 0.25) is 0 Å². The first-order valence-corrected chi connectivity index (χ1v) is 11.8. The lowest BCUT2D eigenvalue weighted by Gasteiger charge is -2.36. The fraction of sp³-hybridized carbons (Fsp3) is 0.667. The van der Waals surface area contributed by atoms with E-state index in [1.54, 1.807) is 19.2 Å². The average Bonchev–Trinajstić information content (AvgIpc) is 3.12. The van der Waals surface area contributed by atoms with E-state index in [9.17, 15) is 8.42 Å². The molecule has 0 aliphatic carbocycles. The second-order valence-electron chi connectivity index (χ2n) is 7.00. The second-order valence-corrected chi connectivity index (χ2v) is 10.4. The maximum atomic E-state index is 11.6. The summed E-state index contributed by atoms with van der Waals surface area (Å²) in [6.45, 7) is 1.06. The van der Waals surface area contributed by atoms with Crippen molar-refractivity contribution in [1.82, 2.24) is 10.6 Å². The van der Waals surface area contributed by atoms with Gasteiger partial charge < -0.3 is 10.1 Å². The van der Waals surface area contributed by atoms with Crippen molar-refractivity contribution in [1.29, 1.82) is 0 Å². The van der Waals surface area contributed by atoms with Gasteiger partial charge in [0, 0.05) is 43.7 Å². The van der Waals surface area contributed by atoms with Gasteiger partial charge in [0.2, 0.25) is 0 Å². The van der Waals surface area contributed by atoms with E-state index in [4.69, 9.17) is 4.74 Å². The minimum atomic E-state index is -3.15. The molecule has 0 bridgehead atoms. The first-order chi connectivity index (χ1) is 12.0. The Bertz CT molecular complexity index is 657. The number of thioether (sulfide) groups is 1. The van der Waals surface area contributed by atoms with Gasteiger partial charge >= 0.3 is 0 Å². The lowest BCUT2D eigenvalue weighted by atomic mass is 9.92. The first kappa shape index (κ1) is 19.2. The van der Waals surface area contributed by atoms with E-state index in [2.05, 4.69) is 22.4 Å². The Morgan fingerprint density at radius 1 is 1.28 bits per heavy atom. The van der Waals surface area contributed by atoms with Crippen molar-refractivity contribution in [3.8, 4) is 0 Å². The molecule has 2 fully saturated rings. The maximum Gasteiger partial charge on any atom is 0.175 e. The Morgan fingerprint density at radius 3 is 2.64 bits per heavy atom. The van der Waals surface area contributed by atoms with E-state index in [0.717, 1.165) is 30.2 Å². The summed E-state index contributed by atoms with van der Waals surface area (Å²) in [7, 11) is -1.42. The third kappa shape index (κ3) is 5.20. The molecule has 1 aromatic carbocycles. The summed E-state index contributed by atoms with van der Waals surface area (Å²) in [4.78, 5) is 0.364. The Morgan fingerprint density at radius 2 is 2.04 bits per heavy atom. The summed E-state index contributed by atoms with van der Waals surface area (Å²) in [6.07, 6.45) is 5.83. The van der Waals surface area contributed by atoms with Crippen LogP contribution in [0.25, 0.3) is 0 Å².